The standard InChI is InChI=1S/C63H118O6/c1-4-7-10-13-16-19-22-25-28-30-31-32-33-34-36-38-41-44-47-50-53-56-62(65)68-59-60(58-67-61(64)55-52-49-46-43-40-37-27-24-21-18-15-12-9-6-3)69-63(66)57-54-51-48-45-42-39-35-29-26-23-20-17-14-11-8-5-2/h15,18,24,27,60H,4-14,16-17,19-23,25-26,28-59H2,1-3H3/b18-15-,27-24-. The number of unbranched alkanes of at least 4 members (excludes halogenated alkanes) is 42. The Hall–Kier alpha value is -2.11. The summed E-state index contributed by atoms with van der Waals surface area (Å²) in [6, 6.07) is 0. The lowest BCUT2D eigenvalue weighted by atomic mass is 10.0. The van der Waals surface area contributed by atoms with Crippen LogP contribution in [0.15, 0.2) is 24.3 Å². The first-order valence-electron chi connectivity index (χ1n) is 30.8. The summed E-state index contributed by atoms with van der Waals surface area (Å²) < 4.78 is 16.9. The topological polar surface area (TPSA) is 78.9 Å². The normalized spacial score (nSPS) is 12.1. The van der Waals surface area contributed by atoms with Crippen molar-refractivity contribution >= 4 is 17.9 Å². The van der Waals surface area contributed by atoms with E-state index in [1.54, 1.807) is 0 Å². The molecular weight excluding hydrogens is 853 g/mol. The van der Waals surface area contributed by atoms with Crippen LogP contribution in [0.3, 0.4) is 0 Å². The molecule has 0 bridgehead atoms. The van der Waals surface area contributed by atoms with E-state index in [2.05, 4.69) is 45.1 Å². The fourth-order valence-electron chi connectivity index (χ4n) is 9.29. The van der Waals surface area contributed by atoms with E-state index in [0.29, 0.717) is 19.3 Å². The average molecular weight is 972 g/mol. The highest BCUT2D eigenvalue weighted by molar-refractivity contribution is 5.71. The minimum atomic E-state index is -0.772. The van der Waals surface area contributed by atoms with Gasteiger partial charge in [-0.05, 0) is 44.9 Å². The van der Waals surface area contributed by atoms with E-state index in [0.717, 1.165) is 77.0 Å². The lowest BCUT2D eigenvalue weighted by Crippen LogP contribution is -2.30. The van der Waals surface area contributed by atoms with Gasteiger partial charge in [0.1, 0.15) is 13.2 Å². The molecule has 0 aliphatic carbocycles. The van der Waals surface area contributed by atoms with Gasteiger partial charge in [-0.15, -0.1) is 0 Å². The van der Waals surface area contributed by atoms with Crippen molar-refractivity contribution in [3.8, 4) is 0 Å². The van der Waals surface area contributed by atoms with Gasteiger partial charge in [0.25, 0.3) is 0 Å². The fraction of sp³-hybridized carbons (Fsp3) is 0.889. The number of ether oxygens (including phenoxy) is 3. The monoisotopic (exact) mass is 971 g/mol. The zero-order chi connectivity index (χ0) is 50.0. The molecule has 0 saturated heterocycles. The molecule has 6 nitrogen and oxygen atoms in total. The van der Waals surface area contributed by atoms with Crippen molar-refractivity contribution in [2.45, 2.75) is 348 Å². The van der Waals surface area contributed by atoms with Crippen LogP contribution in [0.25, 0.3) is 0 Å². The summed E-state index contributed by atoms with van der Waals surface area (Å²) in [4.78, 5) is 38.2. The summed E-state index contributed by atoms with van der Waals surface area (Å²) in [6.07, 6.45) is 68.9. The van der Waals surface area contributed by atoms with Gasteiger partial charge in [-0.1, -0.05) is 302 Å². The van der Waals surface area contributed by atoms with Crippen molar-refractivity contribution in [1.29, 1.82) is 0 Å². The SMILES string of the molecule is CCCC/C=C\C/C=C\CCCCCCCC(=O)OCC(COC(=O)CCCCCCCCCCCCCCCCCCCCCCC)OC(=O)CCCCCCCCCCCCCCCCCC. The second-order valence-electron chi connectivity index (χ2n) is 21.0. The first-order chi connectivity index (χ1) is 34.0. The number of esters is 3. The predicted molar refractivity (Wildman–Crippen MR) is 298 cm³/mol. The second-order valence-corrected chi connectivity index (χ2v) is 21.0. The molecule has 0 aromatic carbocycles. The van der Waals surface area contributed by atoms with Crippen molar-refractivity contribution in [3.05, 3.63) is 24.3 Å². The Labute approximate surface area is 430 Å². The van der Waals surface area contributed by atoms with Crippen LogP contribution in [0.5, 0.6) is 0 Å². The van der Waals surface area contributed by atoms with Gasteiger partial charge in [0.05, 0.1) is 0 Å². The van der Waals surface area contributed by atoms with Crippen LogP contribution in [0.2, 0.25) is 0 Å². The zero-order valence-electron chi connectivity index (χ0n) is 46.6. The fourth-order valence-corrected chi connectivity index (χ4v) is 9.29. The molecule has 6 heteroatoms. The van der Waals surface area contributed by atoms with Crippen molar-refractivity contribution in [3.63, 3.8) is 0 Å². The second kappa shape index (κ2) is 58.5. The summed E-state index contributed by atoms with van der Waals surface area (Å²) in [5, 5.41) is 0. The molecule has 0 fully saturated rings. The highest BCUT2D eigenvalue weighted by atomic mass is 16.6. The van der Waals surface area contributed by atoms with Crippen LogP contribution in [0, 0.1) is 0 Å². The minimum Gasteiger partial charge on any atom is -0.462 e. The summed E-state index contributed by atoms with van der Waals surface area (Å²) in [5.74, 6) is -0.859. The summed E-state index contributed by atoms with van der Waals surface area (Å²) in [6.45, 7) is 6.65. The molecule has 0 aliphatic rings. The Morgan fingerprint density at radius 2 is 0.536 bits per heavy atom. The Bertz CT molecular complexity index is 1110. The number of hydrogen-bond acceptors (Lipinski definition) is 6. The molecule has 1 unspecified atom stereocenters. The third-order valence-corrected chi connectivity index (χ3v) is 14.0. The number of carbonyl (C=O) groups is 3. The predicted octanol–water partition coefficient (Wildman–Crippen LogP) is 20.7. The Morgan fingerprint density at radius 1 is 0.290 bits per heavy atom. The average Bonchev–Trinajstić information content (AvgIpc) is 3.35. The number of allylic oxidation sites excluding steroid dienone is 4. The quantitative estimate of drug-likeness (QED) is 0.0261. The molecule has 0 rings (SSSR count). The Kier molecular flexibility index (Phi) is 56.7. The summed E-state index contributed by atoms with van der Waals surface area (Å²) in [7, 11) is 0. The van der Waals surface area contributed by atoms with Gasteiger partial charge in [0, 0.05) is 19.3 Å². The van der Waals surface area contributed by atoms with E-state index < -0.39 is 6.10 Å². The highest BCUT2D eigenvalue weighted by Crippen LogP contribution is 2.18. The lowest BCUT2D eigenvalue weighted by molar-refractivity contribution is -0.167. The molecule has 0 aromatic heterocycles. The van der Waals surface area contributed by atoms with E-state index in [4.69, 9.17) is 14.2 Å². The number of carbonyl (C=O) groups excluding carboxylic acids is 3. The van der Waals surface area contributed by atoms with E-state index in [9.17, 15) is 14.4 Å². The van der Waals surface area contributed by atoms with Crippen LogP contribution >= 0.6 is 0 Å². The van der Waals surface area contributed by atoms with Crippen LogP contribution < -0.4 is 0 Å². The molecule has 0 spiro atoms. The highest BCUT2D eigenvalue weighted by Gasteiger charge is 2.19. The lowest BCUT2D eigenvalue weighted by Gasteiger charge is -2.18. The molecule has 0 heterocycles. The third kappa shape index (κ3) is 56.7. The molecule has 0 aliphatic heterocycles. The number of hydrogen-bond donors (Lipinski definition) is 0. The maximum atomic E-state index is 12.9. The first kappa shape index (κ1) is 66.9. The van der Waals surface area contributed by atoms with Crippen molar-refractivity contribution in [2.24, 2.45) is 0 Å². The van der Waals surface area contributed by atoms with Gasteiger partial charge in [-0.2, -0.15) is 0 Å². The van der Waals surface area contributed by atoms with E-state index in [-0.39, 0.29) is 31.1 Å². The van der Waals surface area contributed by atoms with Crippen LogP contribution in [-0.2, 0) is 28.6 Å². The van der Waals surface area contributed by atoms with E-state index >= 15 is 0 Å². The van der Waals surface area contributed by atoms with Crippen molar-refractivity contribution in [2.75, 3.05) is 13.2 Å². The molecule has 0 aromatic rings. The van der Waals surface area contributed by atoms with Crippen LogP contribution in [0.4, 0.5) is 0 Å². The Balaban J connectivity index is 4.28. The molecule has 0 amide bonds. The molecule has 1 atom stereocenters. The smallest absolute Gasteiger partial charge is 0.306 e. The first-order valence-corrected chi connectivity index (χ1v) is 30.8. The van der Waals surface area contributed by atoms with Crippen LogP contribution in [0.1, 0.15) is 342 Å². The Morgan fingerprint density at radius 3 is 0.841 bits per heavy atom. The molecular formula is C63H118O6. The van der Waals surface area contributed by atoms with Crippen molar-refractivity contribution < 1.29 is 28.6 Å². The minimum absolute atomic E-state index is 0.0698. The van der Waals surface area contributed by atoms with Gasteiger partial charge in [-0.25, -0.2) is 0 Å². The van der Waals surface area contributed by atoms with E-state index in [1.165, 1.54) is 225 Å². The van der Waals surface area contributed by atoms with Gasteiger partial charge in [-0.3, -0.25) is 14.4 Å². The third-order valence-electron chi connectivity index (χ3n) is 14.0. The largest absolute Gasteiger partial charge is 0.462 e. The van der Waals surface area contributed by atoms with Gasteiger partial charge < -0.3 is 14.2 Å². The van der Waals surface area contributed by atoms with Gasteiger partial charge in [0.15, 0.2) is 6.10 Å². The van der Waals surface area contributed by atoms with Crippen LogP contribution in [-0.4, -0.2) is 37.2 Å². The van der Waals surface area contributed by atoms with Crippen molar-refractivity contribution in [1.82, 2.24) is 0 Å². The molecule has 0 N–H and O–H groups in total. The maximum Gasteiger partial charge on any atom is 0.306 e. The summed E-state index contributed by atoms with van der Waals surface area (Å²) in [5.41, 5.74) is 0. The molecule has 0 radical (unpaired) electrons. The van der Waals surface area contributed by atoms with Gasteiger partial charge >= 0.3 is 17.9 Å². The van der Waals surface area contributed by atoms with Gasteiger partial charge in [0.2, 0.25) is 0 Å². The molecule has 406 valence electrons. The zero-order valence-corrected chi connectivity index (χ0v) is 46.6. The maximum absolute atomic E-state index is 12.9. The summed E-state index contributed by atoms with van der Waals surface area (Å²) >= 11 is 0. The number of rotatable bonds is 57. The molecule has 69 heavy (non-hydrogen) atoms. The van der Waals surface area contributed by atoms with E-state index in [1.807, 2.05) is 0 Å². The molecule has 0 saturated carbocycles.